The van der Waals surface area contributed by atoms with Crippen LogP contribution in [0.25, 0.3) is 6.08 Å². The summed E-state index contributed by atoms with van der Waals surface area (Å²) < 4.78 is 11.2. The number of amides is 1. The topological polar surface area (TPSA) is 59.9 Å². The van der Waals surface area contributed by atoms with Crippen molar-refractivity contribution in [1.82, 2.24) is 5.32 Å². The first-order valence-electron chi connectivity index (χ1n) is 6.76. The van der Waals surface area contributed by atoms with Crippen molar-refractivity contribution in [3.05, 3.63) is 29.5 Å². The molecule has 0 saturated heterocycles. The summed E-state index contributed by atoms with van der Waals surface area (Å²) in [6.07, 6.45) is 3.34. The van der Waals surface area contributed by atoms with Gasteiger partial charge in [-0.2, -0.15) is 0 Å². The van der Waals surface area contributed by atoms with Crippen molar-refractivity contribution in [3.8, 4) is 11.5 Å². The molecule has 20 heavy (non-hydrogen) atoms. The summed E-state index contributed by atoms with van der Waals surface area (Å²) in [4.78, 5) is 16.0. The van der Waals surface area contributed by atoms with E-state index in [1.54, 1.807) is 6.08 Å². The second-order valence-corrected chi connectivity index (χ2v) is 4.65. The Labute approximate surface area is 117 Å². The van der Waals surface area contributed by atoms with Crippen LogP contribution in [0.5, 0.6) is 11.5 Å². The monoisotopic (exact) mass is 272 g/mol. The molecule has 0 spiro atoms. The highest BCUT2D eigenvalue weighted by atomic mass is 16.5. The Kier molecular flexibility index (Phi) is 3.41. The number of carbonyl (C=O) groups excluding carboxylic acids is 1. The van der Waals surface area contributed by atoms with Crippen LogP contribution in [0.1, 0.15) is 25.3 Å². The summed E-state index contributed by atoms with van der Waals surface area (Å²) in [5.41, 5.74) is 1.30. The van der Waals surface area contributed by atoms with E-state index in [-0.39, 0.29) is 5.91 Å². The Balaban J connectivity index is 1.90. The van der Waals surface area contributed by atoms with Crippen LogP contribution >= 0.6 is 0 Å². The van der Waals surface area contributed by atoms with Gasteiger partial charge in [-0.3, -0.25) is 4.79 Å². The molecule has 2 heterocycles. The summed E-state index contributed by atoms with van der Waals surface area (Å²) >= 11 is 0. The number of rotatable bonds is 2. The van der Waals surface area contributed by atoms with Crippen molar-refractivity contribution in [2.24, 2.45) is 4.99 Å². The molecule has 0 atom stereocenters. The van der Waals surface area contributed by atoms with Crippen LogP contribution in [-0.4, -0.2) is 25.0 Å². The third kappa shape index (κ3) is 2.52. The van der Waals surface area contributed by atoms with Gasteiger partial charge < -0.3 is 14.8 Å². The molecule has 0 bridgehead atoms. The molecule has 2 aliphatic rings. The average molecular weight is 272 g/mol. The smallest absolute Gasteiger partial charge is 0.275 e. The number of amidine groups is 1. The van der Waals surface area contributed by atoms with E-state index in [1.165, 1.54) is 0 Å². The van der Waals surface area contributed by atoms with E-state index in [4.69, 9.17) is 9.47 Å². The Morgan fingerprint density at radius 1 is 1.30 bits per heavy atom. The van der Waals surface area contributed by atoms with Crippen molar-refractivity contribution in [2.75, 3.05) is 13.2 Å². The van der Waals surface area contributed by atoms with E-state index in [9.17, 15) is 4.79 Å². The fraction of sp³-hybridized carbons (Fsp3) is 0.333. The molecule has 104 valence electrons. The summed E-state index contributed by atoms with van der Waals surface area (Å²) in [6.45, 7) is 3.27. The van der Waals surface area contributed by atoms with Gasteiger partial charge in [0.05, 0.1) is 13.2 Å². The molecular weight excluding hydrogens is 256 g/mol. The van der Waals surface area contributed by atoms with Crippen LogP contribution in [0.4, 0.5) is 0 Å². The number of nitrogens with one attached hydrogen (secondary N) is 1. The largest absolute Gasteiger partial charge is 0.490 e. The lowest BCUT2D eigenvalue weighted by molar-refractivity contribution is -0.115. The van der Waals surface area contributed by atoms with Gasteiger partial charge in [-0.1, -0.05) is 13.0 Å². The molecule has 5 heteroatoms. The number of hydrogen-bond donors (Lipinski definition) is 1. The first kappa shape index (κ1) is 12.7. The molecule has 5 nitrogen and oxygen atoms in total. The van der Waals surface area contributed by atoms with Crippen LogP contribution in [0.15, 0.2) is 28.9 Å². The molecule has 3 rings (SSSR count). The number of hydrogen-bond acceptors (Lipinski definition) is 4. The molecule has 0 saturated carbocycles. The lowest BCUT2D eigenvalue weighted by atomic mass is 10.1. The van der Waals surface area contributed by atoms with Crippen LogP contribution in [0.2, 0.25) is 0 Å². The molecule has 1 amide bonds. The lowest BCUT2D eigenvalue weighted by Crippen LogP contribution is -2.22. The Hall–Kier alpha value is -2.30. The molecule has 0 fully saturated rings. The van der Waals surface area contributed by atoms with Gasteiger partial charge in [-0.25, -0.2) is 4.99 Å². The summed E-state index contributed by atoms with van der Waals surface area (Å²) in [6, 6.07) is 5.64. The normalized spacial score (nSPS) is 19.6. The minimum Gasteiger partial charge on any atom is -0.490 e. The third-order valence-electron chi connectivity index (χ3n) is 3.16. The highest BCUT2D eigenvalue weighted by molar-refractivity contribution is 6.14. The molecule has 1 aromatic carbocycles. The van der Waals surface area contributed by atoms with Crippen LogP contribution in [-0.2, 0) is 4.79 Å². The minimum absolute atomic E-state index is 0.158. The first-order chi connectivity index (χ1) is 9.76. The standard InChI is InChI=1S/C15H16N2O3/c1-2-14-16-11(15(18)17-14)8-10-4-5-12-13(9-10)20-7-3-6-19-12/h4-5,8-9H,2-3,6-7H2,1H3,(H,16,17,18)/b11-8+. The molecule has 2 aliphatic heterocycles. The van der Waals surface area contributed by atoms with Crippen molar-refractivity contribution >= 4 is 17.8 Å². The minimum atomic E-state index is -0.158. The van der Waals surface area contributed by atoms with Crippen molar-refractivity contribution in [3.63, 3.8) is 0 Å². The summed E-state index contributed by atoms with van der Waals surface area (Å²) in [5.74, 6) is 2.01. The second-order valence-electron chi connectivity index (χ2n) is 4.65. The van der Waals surface area contributed by atoms with E-state index in [1.807, 2.05) is 25.1 Å². The van der Waals surface area contributed by atoms with E-state index < -0.39 is 0 Å². The van der Waals surface area contributed by atoms with Crippen molar-refractivity contribution in [2.45, 2.75) is 19.8 Å². The summed E-state index contributed by atoms with van der Waals surface area (Å²) in [5, 5.41) is 2.73. The third-order valence-corrected chi connectivity index (χ3v) is 3.16. The van der Waals surface area contributed by atoms with E-state index in [0.717, 1.165) is 23.5 Å². The van der Waals surface area contributed by atoms with Crippen LogP contribution < -0.4 is 14.8 Å². The molecule has 1 N–H and O–H groups in total. The van der Waals surface area contributed by atoms with Gasteiger partial charge >= 0.3 is 0 Å². The van der Waals surface area contributed by atoms with E-state index >= 15 is 0 Å². The highest BCUT2D eigenvalue weighted by Crippen LogP contribution is 2.31. The number of fused-ring (bicyclic) bond motifs is 1. The zero-order chi connectivity index (χ0) is 13.9. The quantitative estimate of drug-likeness (QED) is 0.839. The zero-order valence-corrected chi connectivity index (χ0v) is 11.3. The van der Waals surface area contributed by atoms with E-state index in [0.29, 0.717) is 31.2 Å². The molecule has 0 radical (unpaired) electrons. The Bertz CT molecular complexity index is 605. The first-order valence-corrected chi connectivity index (χ1v) is 6.76. The fourth-order valence-corrected chi connectivity index (χ4v) is 2.11. The highest BCUT2D eigenvalue weighted by Gasteiger charge is 2.18. The van der Waals surface area contributed by atoms with Gasteiger partial charge in [0.2, 0.25) is 0 Å². The summed E-state index contributed by atoms with van der Waals surface area (Å²) in [7, 11) is 0. The predicted octanol–water partition coefficient (Wildman–Crippen LogP) is 2.13. The molecular formula is C15H16N2O3. The number of nitrogens with zero attached hydrogens (tertiary/aromatic N) is 1. The number of carbonyl (C=O) groups is 1. The van der Waals surface area contributed by atoms with Gasteiger partial charge in [0.25, 0.3) is 5.91 Å². The molecule has 0 aliphatic carbocycles. The fourth-order valence-electron chi connectivity index (χ4n) is 2.11. The van der Waals surface area contributed by atoms with Crippen molar-refractivity contribution in [1.29, 1.82) is 0 Å². The SMILES string of the molecule is CCC1=N/C(=C/c2ccc3c(c2)OCCCO3)C(=O)N1. The Morgan fingerprint density at radius 3 is 2.85 bits per heavy atom. The molecule has 1 aromatic rings. The van der Waals surface area contributed by atoms with Crippen molar-refractivity contribution < 1.29 is 14.3 Å². The van der Waals surface area contributed by atoms with Gasteiger partial charge in [0.1, 0.15) is 11.5 Å². The van der Waals surface area contributed by atoms with Crippen LogP contribution in [0, 0.1) is 0 Å². The van der Waals surface area contributed by atoms with Gasteiger partial charge in [0.15, 0.2) is 11.5 Å². The maximum absolute atomic E-state index is 11.7. The number of benzene rings is 1. The van der Waals surface area contributed by atoms with Gasteiger partial charge in [-0.05, 0) is 23.8 Å². The lowest BCUT2D eigenvalue weighted by Gasteiger charge is -2.07. The average Bonchev–Trinajstić information content (AvgIpc) is 2.67. The van der Waals surface area contributed by atoms with Gasteiger partial charge in [0, 0.05) is 12.8 Å². The molecule has 0 unspecified atom stereocenters. The maximum atomic E-state index is 11.7. The second kappa shape index (κ2) is 5.36. The molecule has 0 aromatic heterocycles. The number of aliphatic imine (C=N–C) groups is 1. The van der Waals surface area contributed by atoms with Gasteiger partial charge in [-0.15, -0.1) is 0 Å². The zero-order valence-electron chi connectivity index (χ0n) is 11.3. The predicted molar refractivity (Wildman–Crippen MR) is 75.9 cm³/mol. The van der Waals surface area contributed by atoms with E-state index in [2.05, 4.69) is 10.3 Å². The maximum Gasteiger partial charge on any atom is 0.275 e. The number of ether oxygens (including phenoxy) is 2. The van der Waals surface area contributed by atoms with Crippen LogP contribution in [0.3, 0.4) is 0 Å². The Morgan fingerprint density at radius 2 is 2.10 bits per heavy atom.